The molecule has 1 heterocycles. The molecular formula is C15H21N3O2. The first kappa shape index (κ1) is 14.5. The predicted molar refractivity (Wildman–Crippen MR) is 77.8 cm³/mol. The molecule has 0 saturated carbocycles. The summed E-state index contributed by atoms with van der Waals surface area (Å²) in [5, 5.41) is 6.26. The van der Waals surface area contributed by atoms with Crippen LogP contribution in [0.1, 0.15) is 33.6 Å². The third-order valence-electron chi connectivity index (χ3n) is 3.41. The van der Waals surface area contributed by atoms with E-state index >= 15 is 0 Å². The summed E-state index contributed by atoms with van der Waals surface area (Å²) in [5.41, 5.74) is 1.06. The van der Waals surface area contributed by atoms with Crippen LogP contribution < -0.4 is 10.6 Å². The lowest BCUT2D eigenvalue weighted by Gasteiger charge is -2.23. The average Bonchev–Trinajstić information content (AvgIpc) is 2.47. The van der Waals surface area contributed by atoms with E-state index in [9.17, 15) is 9.59 Å². The number of hydrogen-bond acceptors (Lipinski definition) is 3. The van der Waals surface area contributed by atoms with Crippen LogP contribution in [0, 0.1) is 0 Å². The quantitative estimate of drug-likeness (QED) is 0.860. The van der Waals surface area contributed by atoms with Gasteiger partial charge in [0.2, 0.25) is 0 Å². The second kappa shape index (κ2) is 6.52. The molecule has 1 atom stereocenters. The second-order valence-corrected chi connectivity index (χ2v) is 5.30. The maximum atomic E-state index is 12.2. The van der Waals surface area contributed by atoms with Crippen molar-refractivity contribution in [3.63, 3.8) is 0 Å². The summed E-state index contributed by atoms with van der Waals surface area (Å²) in [7, 11) is 3.39. The zero-order valence-electron chi connectivity index (χ0n) is 12.0. The number of carbonyl (C=O) groups is 2. The van der Waals surface area contributed by atoms with Gasteiger partial charge in [0.1, 0.15) is 0 Å². The molecule has 5 nitrogen and oxygen atoms in total. The third kappa shape index (κ3) is 3.57. The number of nitrogens with one attached hydrogen (secondary N) is 2. The van der Waals surface area contributed by atoms with Crippen LogP contribution in [0.3, 0.4) is 0 Å². The molecule has 1 aromatic rings. The maximum absolute atomic E-state index is 12.2. The zero-order chi connectivity index (χ0) is 14.5. The van der Waals surface area contributed by atoms with Crippen LogP contribution in [0.2, 0.25) is 0 Å². The second-order valence-electron chi connectivity index (χ2n) is 5.30. The monoisotopic (exact) mass is 275 g/mol. The Kier molecular flexibility index (Phi) is 4.74. The van der Waals surface area contributed by atoms with Gasteiger partial charge in [-0.2, -0.15) is 0 Å². The molecule has 0 aliphatic carbocycles. The van der Waals surface area contributed by atoms with Crippen molar-refractivity contribution < 1.29 is 9.59 Å². The van der Waals surface area contributed by atoms with Crippen LogP contribution in [-0.4, -0.2) is 49.9 Å². The lowest BCUT2D eigenvalue weighted by Crippen LogP contribution is -2.45. The largest absolute Gasteiger partial charge is 0.348 e. The highest BCUT2D eigenvalue weighted by atomic mass is 16.2. The fourth-order valence-corrected chi connectivity index (χ4v) is 2.30. The van der Waals surface area contributed by atoms with Crippen molar-refractivity contribution in [3.05, 3.63) is 35.4 Å². The molecule has 1 aliphatic heterocycles. The number of nitrogens with zero attached hydrogens (tertiary/aromatic N) is 1. The highest BCUT2D eigenvalue weighted by molar-refractivity contribution is 5.99. The Balaban J connectivity index is 2.06. The Bertz CT molecular complexity index is 494. The van der Waals surface area contributed by atoms with Gasteiger partial charge in [-0.3, -0.25) is 9.59 Å². The van der Waals surface area contributed by atoms with E-state index < -0.39 is 0 Å². The molecule has 1 aliphatic rings. The summed E-state index contributed by atoms with van der Waals surface area (Å²) < 4.78 is 0. The molecule has 2 amide bonds. The van der Waals surface area contributed by atoms with Gasteiger partial charge in [-0.15, -0.1) is 0 Å². The van der Waals surface area contributed by atoms with Crippen molar-refractivity contribution in [1.29, 1.82) is 0 Å². The van der Waals surface area contributed by atoms with Gasteiger partial charge in [0.15, 0.2) is 0 Å². The lowest BCUT2D eigenvalue weighted by atomic mass is 10.1. The van der Waals surface area contributed by atoms with Crippen LogP contribution in [0.5, 0.6) is 0 Å². The van der Waals surface area contributed by atoms with Crippen molar-refractivity contribution in [2.75, 3.05) is 27.2 Å². The summed E-state index contributed by atoms with van der Waals surface area (Å²) in [6, 6.07) is 7.02. The molecule has 1 aromatic carbocycles. The number of benzene rings is 1. The Hall–Kier alpha value is -1.88. The zero-order valence-corrected chi connectivity index (χ0v) is 12.0. The Morgan fingerprint density at radius 3 is 2.70 bits per heavy atom. The molecule has 5 heteroatoms. The summed E-state index contributed by atoms with van der Waals surface area (Å²) >= 11 is 0. The molecule has 1 fully saturated rings. The van der Waals surface area contributed by atoms with Gasteiger partial charge in [0, 0.05) is 37.8 Å². The first-order valence-corrected chi connectivity index (χ1v) is 6.91. The highest BCUT2D eigenvalue weighted by Crippen LogP contribution is 2.09. The maximum Gasteiger partial charge on any atom is 0.253 e. The molecule has 2 N–H and O–H groups in total. The van der Waals surface area contributed by atoms with Gasteiger partial charge in [0.25, 0.3) is 11.8 Å². The smallest absolute Gasteiger partial charge is 0.253 e. The molecule has 2 rings (SSSR count). The minimum absolute atomic E-state index is 0.0982. The molecule has 108 valence electrons. The molecular weight excluding hydrogens is 254 g/mol. The Morgan fingerprint density at radius 2 is 2.05 bits per heavy atom. The number of hydrogen-bond donors (Lipinski definition) is 2. The van der Waals surface area contributed by atoms with Crippen LogP contribution in [0.4, 0.5) is 0 Å². The number of amides is 2. The normalized spacial score (nSPS) is 18.4. The van der Waals surface area contributed by atoms with E-state index in [1.54, 1.807) is 38.4 Å². The molecule has 1 saturated heterocycles. The predicted octanol–water partition coefficient (Wildman–Crippen LogP) is 0.870. The standard InChI is InChI=1S/C15H21N3O2/c1-18(2)15(20)12-6-3-5-11(9-12)14(19)17-13-7-4-8-16-10-13/h3,5-6,9,13,16H,4,7-8,10H2,1-2H3,(H,17,19). The van der Waals surface area contributed by atoms with E-state index in [1.165, 1.54) is 4.90 Å². The van der Waals surface area contributed by atoms with Gasteiger partial charge >= 0.3 is 0 Å². The first-order valence-electron chi connectivity index (χ1n) is 6.91. The third-order valence-corrected chi connectivity index (χ3v) is 3.41. The fourth-order valence-electron chi connectivity index (χ4n) is 2.30. The Morgan fingerprint density at radius 1 is 1.30 bits per heavy atom. The van der Waals surface area contributed by atoms with Crippen molar-refractivity contribution in [2.24, 2.45) is 0 Å². The molecule has 0 radical (unpaired) electrons. The summed E-state index contributed by atoms with van der Waals surface area (Å²) in [5.74, 6) is -0.217. The van der Waals surface area contributed by atoms with Gasteiger partial charge in [-0.05, 0) is 37.6 Å². The van der Waals surface area contributed by atoms with E-state index in [0.717, 1.165) is 25.9 Å². The van der Waals surface area contributed by atoms with Crippen molar-refractivity contribution in [3.8, 4) is 0 Å². The first-order chi connectivity index (χ1) is 9.58. The van der Waals surface area contributed by atoms with Crippen molar-refractivity contribution in [1.82, 2.24) is 15.5 Å². The van der Waals surface area contributed by atoms with E-state index in [1.807, 2.05) is 0 Å². The number of piperidine rings is 1. The molecule has 0 aromatic heterocycles. The van der Waals surface area contributed by atoms with E-state index in [4.69, 9.17) is 0 Å². The molecule has 0 spiro atoms. The topological polar surface area (TPSA) is 61.4 Å². The number of rotatable bonds is 3. The van der Waals surface area contributed by atoms with Gasteiger partial charge in [-0.25, -0.2) is 0 Å². The number of carbonyl (C=O) groups excluding carboxylic acids is 2. The van der Waals surface area contributed by atoms with Crippen LogP contribution >= 0.6 is 0 Å². The molecule has 0 bridgehead atoms. The minimum Gasteiger partial charge on any atom is -0.348 e. The SMILES string of the molecule is CN(C)C(=O)c1cccc(C(=O)NC2CCCNC2)c1. The molecule has 20 heavy (non-hydrogen) atoms. The highest BCUT2D eigenvalue weighted by Gasteiger charge is 2.17. The fraction of sp³-hybridized carbons (Fsp3) is 0.467. The van der Waals surface area contributed by atoms with Crippen LogP contribution in [0.25, 0.3) is 0 Å². The van der Waals surface area contributed by atoms with Crippen molar-refractivity contribution >= 4 is 11.8 Å². The van der Waals surface area contributed by atoms with Crippen molar-refractivity contribution in [2.45, 2.75) is 18.9 Å². The van der Waals surface area contributed by atoms with Gasteiger partial charge < -0.3 is 15.5 Å². The molecule has 1 unspecified atom stereocenters. The average molecular weight is 275 g/mol. The van der Waals surface area contributed by atoms with Crippen LogP contribution in [0.15, 0.2) is 24.3 Å². The van der Waals surface area contributed by atoms with E-state index in [2.05, 4.69) is 10.6 Å². The van der Waals surface area contributed by atoms with Gasteiger partial charge in [-0.1, -0.05) is 6.07 Å². The summed E-state index contributed by atoms with van der Waals surface area (Å²) in [6.45, 7) is 1.82. The minimum atomic E-state index is -0.118. The Labute approximate surface area is 119 Å². The van der Waals surface area contributed by atoms with Crippen LogP contribution in [-0.2, 0) is 0 Å². The van der Waals surface area contributed by atoms with E-state index in [-0.39, 0.29) is 17.9 Å². The summed E-state index contributed by atoms with van der Waals surface area (Å²) in [4.78, 5) is 25.6. The van der Waals surface area contributed by atoms with E-state index in [0.29, 0.717) is 11.1 Å². The lowest BCUT2D eigenvalue weighted by molar-refractivity contribution is 0.0827. The van der Waals surface area contributed by atoms with Gasteiger partial charge in [0.05, 0.1) is 0 Å². The summed E-state index contributed by atoms with van der Waals surface area (Å²) in [6.07, 6.45) is 2.07.